The average molecular weight is 537 g/mol. The number of morpholine rings is 1. The third kappa shape index (κ3) is 8.03. The molecule has 3 rings (SSSR count). The van der Waals surface area contributed by atoms with Crippen molar-refractivity contribution < 1.29 is 9.53 Å². The van der Waals surface area contributed by atoms with E-state index in [2.05, 4.69) is 20.2 Å². The standard InChI is InChI=1S/C25H34Cl2N6O3/c1-32(2)24(35)22-16-33(11-12-36-22)10-6-4-3-5-7-18-21(14-28)30-25(31-23(18)34)29-15-17-8-9-19(26)20(27)13-17/h8-9,13-14,22,28H,3-7,10-12,15-16H2,1-2H3,(H2,29,30,31,34). The number of rotatable bonds is 12. The number of aromatic nitrogens is 2. The molecule has 1 amide bonds. The number of anilines is 1. The lowest BCUT2D eigenvalue weighted by Gasteiger charge is -2.33. The molecule has 1 fully saturated rings. The summed E-state index contributed by atoms with van der Waals surface area (Å²) in [4.78, 5) is 35.8. The van der Waals surface area contributed by atoms with E-state index in [9.17, 15) is 9.59 Å². The van der Waals surface area contributed by atoms with E-state index in [0.717, 1.165) is 50.6 Å². The van der Waals surface area contributed by atoms with Crippen LogP contribution in [0.3, 0.4) is 0 Å². The maximum absolute atomic E-state index is 12.7. The highest BCUT2D eigenvalue weighted by Crippen LogP contribution is 2.23. The van der Waals surface area contributed by atoms with Gasteiger partial charge in [0, 0.05) is 45.5 Å². The van der Waals surface area contributed by atoms with Crippen LogP contribution in [0.25, 0.3) is 0 Å². The number of hydrogen-bond donors (Lipinski definition) is 3. The summed E-state index contributed by atoms with van der Waals surface area (Å²) in [5.41, 5.74) is 1.57. The van der Waals surface area contributed by atoms with Crippen LogP contribution in [0.5, 0.6) is 0 Å². The Hall–Kier alpha value is -2.46. The maximum Gasteiger partial charge on any atom is 0.256 e. The van der Waals surface area contributed by atoms with Gasteiger partial charge in [0.15, 0.2) is 0 Å². The molecule has 9 nitrogen and oxygen atoms in total. The highest BCUT2D eigenvalue weighted by molar-refractivity contribution is 6.42. The molecule has 1 aliphatic rings. The van der Waals surface area contributed by atoms with Crippen molar-refractivity contribution in [2.45, 2.75) is 44.8 Å². The van der Waals surface area contributed by atoms with Crippen molar-refractivity contribution in [3.63, 3.8) is 0 Å². The van der Waals surface area contributed by atoms with Crippen molar-refractivity contribution in [1.29, 1.82) is 5.41 Å². The number of likely N-dealkylation sites (N-methyl/N-ethyl adjacent to an activating group) is 1. The fraction of sp³-hybridized carbons (Fsp3) is 0.520. The average Bonchev–Trinajstić information content (AvgIpc) is 2.87. The van der Waals surface area contributed by atoms with E-state index < -0.39 is 0 Å². The zero-order valence-corrected chi connectivity index (χ0v) is 22.3. The smallest absolute Gasteiger partial charge is 0.256 e. The van der Waals surface area contributed by atoms with Gasteiger partial charge in [-0.15, -0.1) is 0 Å². The Morgan fingerprint density at radius 1 is 1.28 bits per heavy atom. The molecule has 1 saturated heterocycles. The Morgan fingerprint density at radius 3 is 2.78 bits per heavy atom. The number of amides is 1. The minimum Gasteiger partial charge on any atom is -0.366 e. The summed E-state index contributed by atoms with van der Waals surface area (Å²) in [7, 11) is 3.49. The van der Waals surface area contributed by atoms with Crippen molar-refractivity contribution >= 4 is 41.3 Å². The van der Waals surface area contributed by atoms with Crippen LogP contribution in [0, 0.1) is 5.41 Å². The van der Waals surface area contributed by atoms with Gasteiger partial charge in [-0.3, -0.25) is 19.5 Å². The highest BCUT2D eigenvalue weighted by atomic mass is 35.5. The van der Waals surface area contributed by atoms with Gasteiger partial charge in [-0.2, -0.15) is 0 Å². The molecule has 1 unspecified atom stereocenters. The summed E-state index contributed by atoms with van der Waals surface area (Å²) in [6.45, 7) is 3.38. The molecule has 1 aliphatic heterocycles. The number of aromatic amines is 1. The third-order valence-corrected chi connectivity index (χ3v) is 6.89. The first-order chi connectivity index (χ1) is 17.3. The highest BCUT2D eigenvalue weighted by Gasteiger charge is 2.27. The second kappa shape index (κ2) is 13.7. The number of ether oxygens (including phenoxy) is 1. The van der Waals surface area contributed by atoms with Crippen LogP contribution >= 0.6 is 23.2 Å². The monoisotopic (exact) mass is 536 g/mol. The summed E-state index contributed by atoms with van der Waals surface area (Å²) in [6.07, 6.45) is 5.17. The van der Waals surface area contributed by atoms with E-state index in [1.165, 1.54) is 0 Å². The summed E-state index contributed by atoms with van der Waals surface area (Å²) >= 11 is 12.0. The summed E-state index contributed by atoms with van der Waals surface area (Å²) in [5, 5.41) is 11.7. The number of H-pyrrole nitrogens is 1. The normalized spacial score (nSPS) is 16.1. The van der Waals surface area contributed by atoms with Gasteiger partial charge in [0.1, 0.15) is 6.10 Å². The fourth-order valence-corrected chi connectivity index (χ4v) is 4.45. The molecule has 36 heavy (non-hydrogen) atoms. The summed E-state index contributed by atoms with van der Waals surface area (Å²) in [6, 6.07) is 5.31. The zero-order valence-electron chi connectivity index (χ0n) is 20.8. The molecule has 0 saturated carbocycles. The number of carbonyl (C=O) groups excluding carboxylic acids is 1. The van der Waals surface area contributed by atoms with Gasteiger partial charge in [-0.1, -0.05) is 42.1 Å². The first kappa shape index (κ1) is 28.1. The number of halogens is 2. The van der Waals surface area contributed by atoms with Gasteiger partial charge < -0.3 is 20.4 Å². The number of nitrogens with one attached hydrogen (secondary N) is 3. The molecule has 2 heterocycles. The van der Waals surface area contributed by atoms with Crippen molar-refractivity contribution in [2.24, 2.45) is 0 Å². The minimum absolute atomic E-state index is 0.0103. The van der Waals surface area contributed by atoms with Crippen LogP contribution < -0.4 is 10.9 Å². The lowest BCUT2D eigenvalue weighted by Crippen LogP contribution is -2.49. The molecule has 11 heteroatoms. The van der Waals surface area contributed by atoms with Crippen LogP contribution in [0.15, 0.2) is 23.0 Å². The molecule has 1 aromatic heterocycles. The SMILES string of the molecule is CN(C)C(=O)C1CN(CCCCCCc2c(C=N)nc(NCc3ccc(Cl)c(Cl)c3)[nH]c2=O)CCO1. The van der Waals surface area contributed by atoms with E-state index in [0.29, 0.717) is 53.4 Å². The van der Waals surface area contributed by atoms with Crippen LogP contribution in [0.2, 0.25) is 10.0 Å². The Bertz CT molecular complexity index is 1110. The minimum atomic E-state index is -0.381. The Morgan fingerprint density at radius 2 is 2.06 bits per heavy atom. The molecule has 0 aliphatic carbocycles. The third-order valence-electron chi connectivity index (χ3n) is 6.15. The van der Waals surface area contributed by atoms with Crippen LogP contribution in [0.1, 0.15) is 42.5 Å². The van der Waals surface area contributed by atoms with Crippen LogP contribution in [-0.4, -0.2) is 78.3 Å². The Labute approximate surface area is 221 Å². The molecule has 2 aromatic rings. The summed E-state index contributed by atoms with van der Waals surface area (Å²) in [5.74, 6) is 0.320. The van der Waals surface area contributed by atoms with Gasteiger partial charge in [-0.25, -0.2) is 4.98 Å². The first-order valence-corrected chi connectivity index (χ1v) is 12.9. The summed E-state index contributed by atoms with van der Waals surface area (Å²) < 4.78 is 5.61. The predicted molar refractivity (Wildman–Crippen MR) is 144 cm³/mol. The maximum atomic E-state index is 12.7. The zero-order chi connectivity index (χ0) is 26.1. The van der Waals surface area contributed by atoms with E-state index >= 15 is 0 Å². The largest absolute Gasteiger partial charge is 0.366 e. The number of carbonyl (C=O) groups is 1. The predicted octanol–water partition coefficient (Wildman–Crippen LogP) is 3.58. The fourth-order valence-electron chi connectivity index (χ4n) is 4.13. The number of unbranched alkanes of at least 4 members (excludes halogenated alkanes) is 3. The lowest BCUT2D eigenvalue weighted by atomic mass is 10.1. The van der Waals surface area contributed by atoms with Gasteiger partial charge in [0.25, 0.3) is 11.5 Å². The molecule has 3 N–H and O–H groups in total. The second-order valence-electron chi connectivity index (χ2n) is 9.08. The molecule has 0 radical (unpaired) electrons. The van der Waals surface area contributed by atoms with Gasteiger partial charge >= 0.3 is 0 Å². The van der Waals surface area contributed by atoms with Gasteiger partial charge in [0.05, 0.1) is 22.3 Å². The molecular formula is C25H34Cl2N6O3. The van der Waals surface area contributed by atoms with Crippen molar-refractivity contribution in [2.75, 3.05) is 45.7 Å². The number of nitrogens with zero attached hydrogens (tertiary/aromatic N) is 3. The van der Waals surface area contributed by atoms with Crippen LogP contribution in [0.4, 0.5) is 5.95 Å². The van der Waals surface area contributed by atoms with Crippen LogP contribution in [-0.2, 0) is 22.5 Å². The quantitative estimate of drug-likeness (QED) is 0.282. The Balaban J connectivity index is 1.43. The number of hydrogen-bond acceptors (Lipinski definition) is 7. The van der Waals surface area contributed by atoms with Gasteiger partial charge in [-0.05, 0) is 43.5 Å². The van der Waals surface area contributed by atoms with E-state index in [4.69, 9.17) is 33.3 Å². The molecule has 1 aromatic carbocycles. The van der Waals surface area contributed by atoms with Crippen molar-refractivity contribution in [3.8, 4) is 0 Å². The molecule has 0 spiro atoms. The molecular weight excluding hydrogens is 503 g/mol. The van der Waals surface area contributed by atoms with Crippen molar-refractivity contribution in [3.05, 3.63) is 55.4 Å². The second-order valence-corrected chi connectivity index (χ2v) is 9.90. The molecule has 0 bridgehead atoms. The molecule has 196 valence electrons. The Kier molecular flexibility index (Phi) is 10.7. The van der Waals surface area contributed by atoms with E-state index in [1.807, 2.05) is 6.07 Å². The van der Waals surface area contributed by atoms with Gasteiger partial charge in [0.2, 0.25) is 5.95 Å². The van der Waals surface area contributed by atoms with Crippen molar-refractivity contribution in [1.82, 2.24) is 19.8 Å². The number of benzene rings is 1. The van der Waals surface area contributed by atoms with E-state index in [-0.39, 0.29) is 17.6 Å². The van der Waals surface area contributed by atoms with E-state index in [1.54, 1.807) is 31.1 Å². The topological polar surface area (TPSA) is 114 Å². The first-order valence-electron chi connectivity index (χ1n) is 12.1. The lowest BCUT2D eigenvalue weighted by molar-refractivity contribution is -0.146. The molecule has 1 atom stereocenters.